The van der Waals surface area contributed by atoms with E-state index in [1.54, 1.807) is 0 Å². The van der Waals surface area contributed by atoms with Crippen molar-refractivity contribution < 1.29 is 29.3 Å². The molecule has 0 amide bonds. The average molecular weight is 242 g/mol. The standard InChI is InChI=1S/C11H14O6/c1-3-7(5-12)8(4-10(14)15)9(6-13)11(16)17-2/h3,5-6,8,13H,4H2,1-2H3,(H,14,15)/t8-/m0/s1. The number of rotatable bonds is 6. The van der Waals surface area contributed by atoms with Gasteiger partial charge in [-0.1, -0.05) is 6.08 Å². The minimum Gasteiger partial charge on any atom is -0.515 e. The van der Waals surface area contributed by atoms with E-state index in [4.69, 9.17) is 10.2 Å². The zero-order valence-corrected chi connectivity index (χ0v) is 9.54. The molecule has 0 fully saturated rings. The molecule has 2 N–H and O–H groups in total. The summed E-state index contributed by atoms with van der Waals surface area (Å²) in [6, 6.07) is 0. The Balaban J connectivity index is 5.36. The van der Waals surface area contributed by atoms with E-state index in [1.807, 2.05) is 0 Å². The van der Waals surface area contributed by atoms with E-state index in [2.05, 4.69) is 4.74 Å². The van der Waals surface area contributed by atoms with Crippen molar-refractivity contribution in [3.05, 3.63) is 23.5 Å². The van der Waals surface area contributed by atoms with E-state index in [-0.39, 0.29) is 11.1 Å². The number of methoxy groups -OCH3 is 1. The summed E-state index contributed by atoms with van der Waals surface area (Å²) in [5, 5.41) is 17.7. The Hall–Kier alpha value is -2.11. The molecule has 6 heteroatoms. The van der Waals surface area contributed by atoms with Gasteiger partial charge in [-0.2, -0.15) is 0 Å². The van der Waals surface area contributed by atoms with Crippen LogP contribution < -0.4 is 0 Å². The van der Waals surface area contributed by atoms with E-state index in [0.717, 1.165) is 7.11 Å². The summed E-state index contributed by atoms with van der Waals surface area (Å²) in [5.41, 5.74) is -0.173. The van der Waals surface area contributed by atoms with Crippen LogP contribution >= 0.6 is 0 Å². The third kappa shape index (κ3) is 4.10. The summed E-state index contributed by atoms with van der Waals surface area (Å²) in [6.45, 7) is 1.53. The SMILES string of the molecule is CC=C(C=O)[C@H](CC(=O)O)C(=CO)C(=O)OC. The molecule has 1 atom stereocenters. The number of carbonyl (C=O) groups excluding carboxylic acids is 2. The third-order valence-electron chi connectivity index (χ3n) is 2.19. The van der Waals surface area contributed by atoms with Crippen LogP contribution in [0.4, 0.5) is 0 Å². The average Bonchev–Trinajstić information content (AvgIpc) is 2.30. The molecule has 0 heterocycles. The largest absolute Gasteiger partial charge is 0.515 e. The maximum Gasteiger partial charge on any atom is 0.337 e. The van der Waals surface area contributed by atoms with Gasteiger partial charge in [-0.25, -0.2) is 4.79 Å². The van der Waals surface area contributed by atoms with Crippen molar-refractivity contribution >= 4 is 18.2 Å². The maximum absolute atomic E-state index is 11.3. The molecule has 0 rings (SSSR count). The zero-order chi connectivity index (χ0) is 13.4. The summed E-state index contributed by atoms with van der Waals surface area (Å²) in [4.78, 5) is 32.8. The lowest BCUT2D eigenvalue weighted by molar-refractivity contribution is -0.138. The van der Waals surface area contributed by atoms with Crippen molar-refractivity contribution in [1.82, 2.24) is 0 Å². The summed E-state index contributed by atoms with van der Waals surface area (Å²) in [6.07, 6.45) is 1.80. The van der Waals surface area contributed by atoms with Crippen molar-refractivity contribution in [2.24, 2.45) is 5.92 Å². The lowest BCUT2D eigenvalue weighted by atomic mass is 9.89. The van der Waals surface area contributed by atoms with E-state index >= 15 is 0 Å². The zero-order valence-electron chi connectivity index (χ0n) is 9.54. The van der Waals surface area contributed by atoms with Crippen LogP contribution in [0.15, 0.2) is 23.5 Å². The van der Waals surface area contributed by atoms with Gasteiger partial charge in [-0.15, -0.1) is 0 Å². The topological polar surface area (TPSA) is 101 Å². The van der Waals surface area contributed by atoms with Crippen LogP contribution in [0.1, 0.15) is 13.3 Å². The number of carboxylic acid groups (broad SMARTS) is 1. The van der Waals surface area contributed by atoms with Crippen LogP contribution in [-0.2, 0) is 19.1 Å². The fraction of sp³-hybridized carbons (Fsp3) is 0.364. The molecule has 0 unspecified atom stereocenters. The highest BCUT2D eigenvalue weighted by molar-refractivity contribution is 5.92. The highest BCUT2D eigenvalue weighted by atomic mass is 16.5. The second-order valence-electron chi connectivity index (χ2n) is 3.13. The van der Waals surface area contributed by atoms with Crippen LogP contribution in [-0.4, -0.2) is 35.5 Å². The van der Waals surface area contributed by atoms with Gasteiger partial charge in [0.2, 0.25) is 0 Å². The van der Waals surface area contributed by atoms with Crippen molar-refractivity contribution in [3.8, 4) is 0 Å². The van der Waals surface area contributed by atoms with Crippen molar-refractivity contribution in [3.63, 3.8) is 0 Å². The van der Waals surface area contributed by atoms with Crippen LogP contribution in [0.3, 0.4) is 0 Å². The number of esters is 1. The van der Waals surface area contributed by atoms with Gasteiger partial charge in [0, 0.05) is 5.92 Å². The lowest BCUT2D eigenvalue weighted by Gasteiger charge is -2.15. The predicted octanol–water partition coefficient (Wildman–Crippen LogP) is 0.837. The lowest BCUT2D eigenvalue weighted by Crippen LogP contribution is -2.20. The number of carboxylic acids is 1. The molecule has 0 aliphatic heterocycles. The Kier molecular flexibility index (Phi) is 6.32. The minimum atomic E-state index is -1.19. The van der Waals surface area contributed by atoms with Crippen molar-refractivity contribution in [2.75, 3.05) is 7.11 Å². The first-order chi connectivity index (χ1) is 8.01. The number of aliphatic carboxylic acids is 1. The van der Waals surface area contributed by atoms with Gasteiger partial charge in [0.25, 0.3) is 0 Å². The first-order valence-corrected chi connectivity index (χ1v) is 4.77. The molecule has 94 valence electrons. The number of aliphatic hydroxyl groups is 1. The van der Waals surface area contributed by atoms with Gasteiger partial charge in [-0.05, 0) is 12.5 Å². The molecule has 0 aromatic carbocycles. The summed E-state index contributed by atoms with van der Waals surface area (Å²) >= 11 is 0. The summed E-state index contributed by atoms with van der Waals surface area (Å²) < 4.78 is 4.40. The molecule has 0 aromatic heterocycles. The van der Waals surface area contributed by atoms with Crippen molar-refractivity contribution in [2.45, 2.75) is 13.3 Å². The molecule has 6 nitrogen and oxygen atoms in total. The fourth-order valence-electron chi connectivity index (χ4n) is 1.34. The summed E-state index contributed by atoms with van der Waals surface area (Å²) in [5.74, 6) is -3.09. The number of aldehydes is 1. The molecule has 0 aliphatic carbocycles. The predicted molar refractivity (Wildman–Crippen MR) is 58.3 cm³/mol. The Bertz CT molecular complexity index is 366. The highest BCUT2D eigenvalue weighted by Crippen LogP contribution is 2.23. The minimum absolute atomic E-state index is 0.0955. The normalized spacial score (nSPS) is 14.0. The Morgan fingerprint density at radius 2 is 2.00 bits per heavy atom. The van der Waals surface area contributed by atoms with Crippen LogP contribution in [0.2, 0.25) is 0 Å². The molecular weight excluding hydrogens is 228 g/mol. The second-order valence-corrected chi connectivity index (χ2v) is 3.13. The fourth-order valence-corrected chi connectivity index (χ4v) is 1.34. The first kappa shape index (κ1) is 14.9. The van der Waals surface area contributed by atoms with Gasteiger partial charge in [0.1, 0.15) is 6.29 Å². The van der Waals surface area contributed by atoms with Gasteiger partial charge in [0.15, 0.2) is 0 Å². The van der Waals surface area contributed by atoms with Gasteiger partial charge in [-0.3, -0.25) is 9.59 Å². The smallest absolute Gasteiger partial charge is 0.337 e. The van der Waals surface area contributed by atoms with Crippen LogP contribution in [0.5, 0.6) is 0 Å². The number of aliphatic hydroxyl groups excluding tert-OH is 1. The number of allylic oxidation sites excluding steroid dienone is 2. The Morgan fingerprint density at radius 1 is 1.41 bits per heavy atom. The first-order valence-electron chi connectivity index (χ1n) is 4.77. The molecule has 0 radical (unpaired) electrons. The van der Waals surface area contributed by atoms with Gasteiger partial charge >= 0.3 is 11.9 Å². The quantitative estimate of drug-likeness (QED) is 0.310. The van der Waals surface area contributed by atoms with Crippen molar-refractivity contribution in [1.29, 1.82) is 0 Å². The highest BCUT2D eigenvalue weighted by Gasteiger charge is 2.27. The number of hydrogen-bond acceptors (Lipinski definition) is 5. The summed E-state index contributed by atoms with van der Waals surface area (Å²) in [7, 11) is 1.10. The molecular formula is C11H14O6. The molecule has 0 saturated heterocycles. The molecule has 0 bridgehead atoms. The maximum atomic E-state index is 11.3. The van der Waals surface area contributed by atoms with Crippen LogP contribution in [0.25, 0.3) is 0 Å². The molecule has 0 spiro atoms. The number of ether oxygens (including phenoxy) is 1. The van der Waals surface area contributed by atoms with Crippen LogP contribution in [0, 0.1) is 5.92 Å². The monoisotopic (exact) mass is 242 g/mol. The third-order valence-corrected chi connectivity index (χ3v) is 2.19. The molecule has 17 heavy (non-hydrogen) atoms. The Morgan fingerprint density at radius 3 is 2.29 bits per heavy atom. The van der Waals surface area contributed by atoms with E-state index < -0.39 is 24.3 Å². The molecule has 0 aromatic rings. The Labute approximate surface area is 98.2 Å². The second kappa shape index (κ2) is 7.21. The van der Waals surface area contributed by atoms with Gasteiger partial charge < -0.3 is 14.9 Å². The number of hydrogen-bond donors (Lipinski definition) is 2. The van der Waals surface area contributed by atoms with Gasteiger partial charge in [0.05, 0.1) is 25.4 Å². The van der Waals surface area contributed by atoms with E-state index in [0.29, 0.717) is 12.5 Å². The number of carbonyl (C=O) groups is 3. The van der Waals surface area contributed by atoms with E-state index in [1.165, 1.54) is 13.0 Å². The molecule has 0 saturated carbocycles. The van der Waals surface area contributed by atoms with E-state index in [9.17, 15) is 14.4 Å². The molecule has 0 aliphatic rings.